The van der Waals surface area contributed by atoms with Gasteiger partial charge in [-0.1, -0.05) is 63.8 Å². The van der Waals surface area contributed by atoms with Gasteiger partial charge in [0.05, 0.1) is 12.1 Å². The van der Waals surface area contributed by atoms with Gasteiger partial charge >= 0.3 is 0 Å². The molecule has 9 heteroatoms. The van der Waals surface area contributed by atoms with E-state index in [0.717, 1.165) is 68.8 Å². The third-order valence-corrected chi connectivity index (χ3v) is 12.2. The molecule has 0 spiro atoms. The van der Waals surface area contributed by atoms with Crippen LogP contribution in [0.25, 0.3) is 0 Å². The van der Waals surface area contributed by atoms with Gasteiger partial charge in [0, 0.05) is 44.8 Å². The summed E-state index contributed by atoms with van der Waals surface area (Å²) >= 11 is 12.3. The maximum Gasteiger partial charge on any atom is 0.172 e. The highest BCUT2D eigenvalue weighted by atomic mass is 32.1. The number of benzene rings is 2. The van der Waals surface area contributed by atoms with Crippen molar-refractivity contribution >= 4 is 34.7 Å². The zero-order valence-corrected chi connectivity index (χ0v) is 30.7. The van der Waals surface area contributed by atoms with E-state index >= 15 is 0 Å². The van der Waals surface area contributed by atoms with E-state index in [4.69, 9.17) is 24.4 Å². The molecule has 6 rings (SSSR count). The van der Waals surface area contributed by atoms with Crippen LogP contribution >= 0.6 is 24.4 Å². The van der Waals surface area contributed by atoms with E-state index in [0.29, 0.717) is 47.5 Å². The number of phenolic OH excluding ortho intramolecular Hbond substituents is 2. The van der Waals surface area contributed by atoms with Crippen LogP contribution in [0, 0.1) is 11.8 Å². The molecule has 0 bridgehead atoms. The van der Waals surface area contributed by atoms with E-state index in [2.05, 4.69) is 50.9 Å². The van der Waals surface area contributed by atoms with Gasteiger partial charge in [0.25, 0.3) is 0 Å². The molecular weight excluding hydrogens is 635 g/mol. The second-order valence-corrected chi connectivity index (χ2v) is 16.2. The smallest absolute Gasteiger partial charge is 0.172 e. The molecule has 2 aromatic carbocycles. The number of nitrogens with zero attached hydrogens (tertiary/aromatic N) is 4. The van der Waals surface area contributed by atoms with Crippen LogP contribution < -0.4 is 5.32 Å². The number of hydrogen-bond donors (Lipinski definition) is 3. The fourth-order valence-electron chi connectivity index (χ4n) is 8.75. The van der Waals surface area contributed by atoms with Crippen molar-refractivity contribution in [1.82, 2.24) is 24.9 Å². The zero-order chi connectivity index (χ0) is 33.6. The highest BCUT2D eigenvalue weighted by Gasteiger charge is 2.41. The maximum absolute atomic E-state index is 9.94. The molecule has 0 aromatic heterocycles. The van der Waals surface area contributed by atoms with Gasteiger partial charge in [-0.2, -0.15) is 0 Å². The Morgan fingerprint density at radius 3 is 2.00 bits per heavy atom. The van der Waals surface area contributed by atoms with Gasteiger partial charge in [-0.15, -0.1) is 0 Å². The van der Waals surface area contributed by atoms with Gasteiger partial charge in [0.1, 0.15) is 11.5 Å². The van der Waals surface area contributed by atoms with Gasteiger partial charge in [-0.05, 0) is 123 Å². The van der Waals surface area contributed by atoms with Crippen molar-refractivity contribution in [3.63, 3.8) is 0 Å². The Hall–Kier alpha value is -2.62. The molecule has 2 aromatic rings. The molecule has 4 aliphatic rings. The van der Waals surface area contributed by atoms with Crippen LogP contribution in [0.15, 0.2) is 48.5 Å². The zero-order valence-electron chi connectivity index (χ0n) is 29.1. The summed E-state index contributed by atoms with van der Waals surface area (Å²) in [6.45, 7) is 10.7. The van der Waals surface area contributed by atoms with E-state index < -0.39 is 0 Å². The van der Waals surface area contributed by atoms with Crippen molar-refractivity contribution in [2.75, 3.05) is 39.3 Å². The summed E-state index contributed by atoms with van der Waals surface area (Å²) in [4.78, 5) is 10.4. The molecule has 48 heavy (non-hydrogen) atoms. The number of likely N-dealkylation sites (tertiary alicyclic amines) is 1. The molecule has 3 N–H and O–H groups in total. The van der Waals surface area contributed by atoms with Gasteiger partial charge in [-0.25, -0.2) is 0 Å². The molecule has 4 fully saturated rings. The largest absolute Gasteiger partial charge is 0.508 e. The fraction of sp³-hybridized carbons (Fsp3) is 0.641. The van der Waals surface area contributed by atoms with E-state index in [1.54, 1.807) is 12.1 Å². The fourth-order valence-corrected chi connectivity index (χ4v) is 9.50. The molecule has 1 saturated carbocycles. The molecule has 3 aliphatic heterocycles. The quantitative estimate of drug-likeness (QED) is 0.160. The number of phenols is 2. The summed E-state index contributed by atoms with van der Waals surface area (Å²) in [6.07, 6.45) is 13.5. The highest BCUT2D eigenvalue weighted by Crippen LogP contribution is 2.32. The SMILES string of the molecule is CC(C)C[C@@H](CN1CCCC1CN1C(=S)NC[C@@H]1Cc1ccc(O)cc1)N1C[C@H](Cc2ccc(O)cc2)N(CC2CCCCCC2)C1=S. The van der Waals surface area contributed by atoms with Crippen LogP contribution in [0.2, 0.25) is 0 Å². The molecule has 0 radical (unpaired) electrons. The normalized spacial score (nSPS) is 24.9. The predicted molar refractivity (Wildman–Crippen MR) is 204 cm³/mol. The third-order valence-electron chi connectivity index (χ3n) is 11.3. The van der Waals surface area contributed by atoms with E-state index in [-0.39, 0.29) is 0 Å². The van der Waals surface area contributed by atoms with Gasteiger partial charge in [0.15, 0.2) is 10.2 Å². The van der Waals surface area contributed by atoms with Gasteiger partial charge < -0.3 is 30.2 Å². The monoisotopic (exact) mass is 691 g/mol. The first kappa shape index (κ1) is 35.2. The average Bonchev–Trinajstić information content (AvgIpc) is 3.65. The minimum absolute atomic E-state index is 0.310. The van der Waals surface area contributed by atoms with Crippen LogP contribution in [0.3, 0.4) is 0 Å². The van der Waals surface area contributed by atoms with Crippen molar-refractivity contribution < 1.29 is 10.2 Å². The van der Waals surface area contributed by atoms with Gasteiger partial charge in [-0.3, -0.25) is 4.90 Å². The summed E-state index contributed by atoms with van der Waals surface area (Å²) < 4.78 is 0. The highest BCUT2D eigenvalue weighted by molar-refractivity contribution is 7.80. The van der Waals surface area contributed by atoms with Crippen LogP contribution in [-0.2, 0) is 12.8 Å². The standard InChI is InChI=1S/C39H57N5O2S2/c1-28(2)20-34(25-41-19-7-10-32(41)26-42-33(23-40-38(42)47)21-29-11-15-36(45)16-12-29)44-27-35(22-30-13-17-37(46)18-14-30)43(39(44)48)24-31-8-5-3-4-6-9-31/h11-18,28,31-35,45-46H,3-10,19-27H2,1-2H3,(H,40,47)/t32?,33-,34-,35-/m0/s1. The molecule has 262 valence electrons. The Labute approximate surface area is 299 Å². The van der Waals surface area contributed by atoms with Crippen molar-refractivity contribution in [3.8, 4) is 11.5 Å². The first-order chi connectivity index (χ1) is 23.2. The lowest BCUT2D eigenvalue weighted by Gasteiger charge is -2.38. The van der Waals surface area contributed by atoms with Crippen molar-refractivity contribution in [2.24, 2.45) is 11.8 Å². The maximum atomic E-state index is 9.94. The van der Waals surface area contributed by atoms with Crippen LogP contribution in [0.5, 0.6) is 11.5 Å². The van der Waals surface area contributed by atoms with Crippen LogP contribution in [-0.4, -0.2) is 103 Å². The minimum Gasteiger partial charge on any atom is -0.508 e. The summed E-state index contributed by atoms with van der Waals surface area (Å²) in [6, 6.07) is 16.9. The lowest BCUT2D eigenvalue weighted by molar-refractivity contribution is 0.149. The Morgan fingerprint density at radius 1 is 0.750 bits per heavy atom. The Balaban J connectivity index is 1.16. The lowest BCUT2D eigenvalue weighted by atomic mass is 9.98. The average molecular weight is 692 g/mol. The summed E-state index contributed by atoms with van der Waals surface area (Å²) in [5, 5.41) is 25.1. The van der Waals surface area contributed by atoms with Crippen molar-refractivity contribution in [3.05, 3.63) is 59.7 Å². The van der Waals surface area contributed by atoms with E-state index in [9.17, 15) is 10.2 Å². The number of nitrogens with one attached hydrogen (secondary N) is 1. The molecule has 7 nitrogen and oxygen atoms in total. The molecule has 3 heterocycles. The molecule has 4 atom stereocenters. The van der Waals surface area contributed by atoms with Crippen LogP contribution in [0.4, 0.5) is 0 Å². The number of aromatic hydroxyl groups is 2. The van der Waals surface area contributed by atoms with Crippen molar-refractivity contribution in [1.29, 1.82) is 0 Å². The molecule has 1 unspecified atom stereocenters. The number of thiocarbonyl (C=S) groups is 2. The van der Waals surface area contributed by atoms with Crippen molar-refractivity contribution in [2.45, 2.75) is 109 Å². The summed E-state index contributed by atoms with van der Waals surface area (Å²) in [7, 11) is 0. The summed E-state index contributed by atoms with van der Waals surface area (Å²) in [5.74, 6) is 1.93. The molecule has 3 saturated heterocycles. The predicted octanol–water partition coefficient (Wildman–Crippen LogP) is 6.56. The first-order valence-corrected chi connectivity index (χ1v) is 19.5. The summed E-state index contributed by atoms with van der Waals surface area (Å²) in [5.41, 5.74) is 2.50. The van der Waals surface area contributed by atoms with Crippen LogP contribution in [0.1, 0.15) is 82.8 Å². The topological polar surface area (TPSA) is 65.4 Å². The molecule has 1 aliphatic carbocycles. The Bertz CT molecular complexity index is 1350. The number of hydrogen-bond acceptors (Lipinski definition) is 5. The molecule has 0 amide bonds. The van der Waals surface area contributed by atoms with Gasteiger partial charge in [0.2, 0.25) is 0 Å². The number of rotatable bonds is 13. The van der Waals surface area contributed by atoms with E-state index in [1.165, 1.54) is 62.5 Å². The van der Waals surface area contributed by atoms with E-state index in [1.807, 2.05) is 24.3 Å². The minimum atomic E-state index is 0.310. The Morgan fingerprint density at radius 2 is 1.38 bits per heavy atom. The first-order valence-electron chi connectivity index (χ1n) is 18.6. The third kappa shape index (κ3) is 8.94. The molecular formula is C39H57N5O2S2. The Kier molecular flexibility index (Phi) is 12.0. The second-order valence-electron chi connectivity index (χ2n) is 15.4. The second kappa shape index (κ2) is 16.4. The lowest BCUT2D eigenvalue weighted by Crippen LogP contribution is -2.51.